The predicted molar refractivity (Wildman–Crippen MR) is 140 cm³/mol. The second kappa shape index (κ2) is 12.3. The number of nitrogens with two attached hydrogens (primary N) is 1. The van der Waals surface area contributed by atoms with E-state index in [1.165, 1.54) is 7.11 Å². The van der Waals surface area contributed by atoms with Crippen LogP contribution >= 0.6 is 0 Å². The maximum absolute atomic E-state index is 15.8. The number of methoxy groups -OCH3 is 1. The van der Waals surface area contributed by atoms with Crippen LogP contribution in [0, 0.1) is 22.9 Å². The van der Waals surface area contributed by atoms with Gasteiger partial charge in [-0.25, -0.2) is 17.6 Å². The minimum absolute atomic E-state index is 0.0251. The lowest BCUT2D eigenvalue weighted by Crippen LogP contribution is -2.44. The summed E-state index contributed by atoms with van der Waals surface area (Å²) in [5.74, 6) is -4.27. The number of aryl methyl sites for hydroxylation is 1. The van der Waals surface area contributed by atoms with E-state index in [9.17, 15) is 23.1 Å². The van der Waals surface area contributed by atoms with Gasteiger partial charge in [0.2, 0.25) is 0 Å². The lowest BCUT2D eigenvalue weighted by Gasteiger charge is -2.39. The van der Waals surface area contributed by atoms with Gasteiger partial charge >= 0.3 is 5.97 Å². The highest BCUT2D eigenvalue weighted by Gasteiger charge is 2.41. The van der Waals surface area contributed by atoms with E-state index in [2.05, 4.69) is 9.88 Å². The molecule has 210 valence electrons. The summed E-state index contributed by atoms with van der Waals surface area (Å²) in [6.45, 7) is 1.73. The second-order valence-electron chi connectivity index (χ2n) is 10.2. The Morgan fingerprint density at radius 3 is 2.49 bits per heavy atom. The van der Waals surface area contributed by atoms with Crippen LogP contribution in [0.4, 0.5) is 17.6 Å². The van der Waals surface area contributed by atoms with Crippen molar-refractivity contribution in [3.8, 4) is 5.75 Å². The number of hydrogen-bond acceptors (Lipinski definition) is 5. The van der Waals surface area contributed by atoms with Gasteiger partial charge in [0.15, 0.2) is 17.5 Å². The number of aliphatic carboxylic acids is 1. The van der Waals surface area contributed by atoms with E-state index in [1.54, 1.807) is 24.4 Å². The number of carboxylic acid groups (broad SMARTS) is 1. The van der Waals surface area contributed by atoms with Crippen LogP contribution in [0.5, 0.6) is 5.75 Å². The molecule has 4 rings (SSSR count). The molecule has 3 N–H and O–H groups in total. The van der Waals surface area contributed by atoms with Crippen molar-refractivity contribution in [1.82, 2.24) is 9.88 Å². The molecule has 0 bridgehead atoms. The van der Waals surface area contributed by atoms with Gasteiger partial charge in [0.05, 0.1) is 18.0 Å². The SMILES string of the molecule is COc1ccc2ncc(CN)c([C@@H](F)CCC3(C(=O)O)CCN(CCCc4cc(F)c(F)c(F)c4)CC3)c2c1. The maximum atomic E-state index is 15.8. The zero-order valence-corrected chi connectivity index (χ0v) is 21.9. The van der Waals surface area contributed by atoms with Crippen LogP contribution in [0.15, 0.2) is 36.5 Å². The monoisotopic (exact) mass is 547 g/mol. The molecule has 1 aromatic heterocycles. The van der Waals surface area contributed by atoms with Gasteiger partial charge in [0.25, 0.3) is 0 Å². The van der Waals surface area contributed by atoms with E-state index in [-0.39, 0.29) is 19.4 Å². The van der Waals surface area contributed by atoms with Crippen LogP contribution < -0.4 is 10.5 Å². The molecule has 0 aliphatic carbocycles. The number of alkyl halides is 1. The molecule has 0 radical (unpaired) electrons. The Labute approximate surface area is 224 Å². The van der Waals surface area contributed by atoms with Crippen LogP contribution in [0.25, 0.3) is 10.9 Å². The average molecular weight is 548 g/mol. The summed E-state index contributed by atoms with van der Waals surface area (Å²) in [5.41, 5.74) is 6.81. The summed E-state index contributed by atoms with van der Waals surface area (Å²) in [6.07, 6.45) is 2.01. The molecule has 0 spiro atoms. The number of fused-ring (bicyclic) bond motifs is 1. The number of carboxylic acids is 1. The quantitative estimate of drug-likeness (QED) is 0.236. The van der Waals surface area contributed by atoms with E-state index in [0.717, 1.165) is 12.1 Å². The topological polar surface area (TPSA) is 88.7 Å². The van der Waals surface area contributed by atoms with Gasteiger partial charge in [0, 0.05) is 23.7 Å². The number of benzene rings is 2. The lowest BCUT2D eigenvalue weighted by molar-refractivity contribution is -0.153. The van der Waals surface area contributed by atoms with Gasteiger partial charge in [-0.05, 0) is 99.6 Å². The molecule has 2 aromatic carbocycles. The van der Waals surface area contributed by atoms with Gasteiger partial charge in [-0.3, -0.25) is 9.78 Å². The molecule has 1 fully saturated rings. The summed E-state index contributed by atoms with van der Waals surface area (Å²) in [6, 6.07) is 7.22. The Morgan fingerprint density at radius 2 is 1.87 bits per heavy atom. The van der Waals surface area contributed by atoms with Crippen LogP contribution in [-0.4, -0.2) is 47.7 Å². The molecule has 1 saturated heterocycles. The fourth-order valence-electron chi connectivity index (χ4n) is 5.47. The molecule has 10 heteroatoms. The number of likely N-dealkylation sites (tertiary alicyclic amines) is 1. The third-order valence-corrected chi connectivity index (χ3v) is 7.86. The zero-order chi connectivity index (χ0) is 28.2. The number of piperidine rings is 1. The third kappa shape index (κ3) is 6.33. The summed E-state index contributed by atoms with van der Waals surface area (Å²) in [5, 5.41) is 10.7. The number of pyridine rings is 1. The Morgan fingerprint density at radius 1 is 1.18 bits per heavy atom. The number of hydrogen-bond donors (Lipinski definition) is 2. The first kappa shape index (κ1) is 28.8. The van der Waals surface area contributed by atoms with Crippen molar-refractivity contribution in [1.29, 1.82) is 0 Å². The fraction of sp³-hybridized carbons (Fsp3) is 0.448. The Bertz CT molecular complexity index is 1300. The molecule has 0 amide bonds. The number of ether oxygens (including phenoxy) is 1. The normalized spacial score (nSPS) is 16.4. The maximum Gasteiger partial charge on any atom is 0.309 e. The van der Waals surface area contributed by atoms with Crippen molar-refractivity contribution < 1.29 is 32.2 Å². The first-order chi connectivity index (χ1) is 18.7. The van der Waals surface area contributed by atoms with E-state index in [1.807, 2.05) is 0 Å². The van der Waals surface area contributed by atoms with Crippen LogP contribution in [0.1, 0.15) is 55.0 Å². The number of halogens is 4. The molecule has 1 aliphatic heterocycles. The van der Waals surface area contributed by atoms with E-state index in [4.69, 9.17) is 10.5 Å². The molecular formula is C29H33F4N3O3. The summed E-state index contributed by atoms with van der Waals surface area (Å²) >= 11 is 0. The Kier molecular flexibility index (Phi) is 9.07. The Hall–Kier alpha value is -3.24. The minimum Gasteiger partial charge on any atom is -0.497 e. The minimum atomic E-state index is -1.48. The molecule has 1 atom stereocenters. The first-order valence-electron chi connectivity index (χ1n) is 13.1. The molecule has 6 nitrogen and oxygen atoms in total. The second-order valence-corrected chi connectivity index (χ2v) is 10.2. The van der Waals surface area contributed by atoms with Gasteiger partial charge in [-0.15, -0.1) is 0 Å². The van der Waals surface area contributed by atoms with Gasteiger partial charge < -0.3 is 20.5 Å². The molecule has 2 heterocycles. The molecular weight excluding hydrogens is 514 g/mol. The van der Waals surface area contributed by atoms with Crippen molar-refractivity contribution in [2.24, 2.45) is 11.1 Å². The van der Waals surface area contributed by atoms with Crippen molar-refractivity contribution in [2.45, 2.75) is 51.2 Å². The van der Waals surface area contributed by atoms with Crippen molar-refractivity contribution in [3.63, 3.8) is 0 Å². The number of carbonyl (C=O) groups is 1. The molecule has 0 unspecified atom stereocenters. The van der Waals surface area contributed by atoms with Gasteiger partial charge in [-0.1, -0.05) is 0 Å². The van der Waals surface area contributed by atoms with Crippen LogP contribution in [-0.2, 0) is 17.8 Å². The molecule has 39 heavy (non-hydrogen) atoms. The molecule has 0 saturated carbocycles. The third-order valence-electron chi connectivity index (χ3n) is 7.86. The largest absolute Gasteiger partial charge is 0.497 e. The summed E-state index contributed by atoms with van der Waals surface area (Å²) in [7, 11) is 1.53. The highest BCUT2D eigenvalue weighted by molar-refractivity contribution is 5.85. The highest BCUT2D eigenvalue weighted by atomic mass is 19.2. The number of rotatable bonds is 11. The fourth-order valence-corrected chi connectivity index (χ4v) is 5.47. The average Bonchev–Trinajstić information content (AvgIpc) is 2.94. The first-order valence-corrected chi connectivity index (χ1v) is 13.1. The van der Waals surface area contributed by atoms with Gasteiger partial charge in [-0.2, -0.15) is 0 Å². The number of aromatic nitrogens is 1. The zero-order valence-electron chi connectivity index (χ0n) is 21.9. The smallest absolute Gasteiger partial charge is 0.309 e. The number of nitrogens with zero attached hydrogens (tertiary/aromatic N) is 2. The van der Waals surface area contributed by atoms with Crippen molar-refractivity contribution in [2.75, 3.05) is 26.7 Å². The highest BCUT2D eigenvalue weighted by Crippen LogP contribution is 2.41. The van der Waals surface area contributed by atoms with Crippen LogP contribution in [0.3, 0.4) is 0 Å². The Balaban J connectivity index is 1.38. The predicted octanol–water partition coefficient (Wildman–Crippen LogP) is 5.71. The summed E-state index contributed by atoms with van der Waals surface area (Å²) in [4.78, 5) is 18.8. The van der Waals surface area contributed by atoms with E-state index >= 15 is 4.39 Å². The van der Waals surface area contributed by atoms with Gasteiger partial charge in [0.1, 0.15) is 11.9 Å². The molecule has 1 aliphatic rings. The lowest BCUT2D eigenvalue weighted by atomic mass is 9.74. The molecule has 3 aromatic rings. The van der Waals surface area contributed by atoms with E-state index in [0.29, 0.717) is 78.7 Å². The van der Waals surface area contributed by atoms with E-state index < -0.39 is 35.0 Å². The van der Waals surface area contributed by atoms with Crippen LogP contribution in [0.2, 0.25) is 0 Å². The van der Waals surface area contributed by atoms with Crippen molar-refractivity contribution in [3.05, 3.63) is 70.7 Å². The standard InChI is InChI=1S/C29H33F4N3O3/c1-39-20-4-5-25-21(15-20)26(19(16-34)17-35-25)22(30)6-7-29(28(37)38)8-11-36(12-9-29)10-2-3-18-13-23(31)27(33)24(32)14-18/h4-5,13-15,17,22H,2-3,6-12,16,34H2,1H3,(H,37,38)/t22-/m0/s1. The summed E-state index contributed by atoms with van der Waals surface area (Å²) < 4.78 is 61.2. The van der Waals surface area contributed by atoms with Crippen molar-refractivity contribution >= 4 is 16.9 Å².